The Hall–Kier alpha value is -4.84. The van der Waals surface area contributed by atoms with Gasteiger partial charge in [0.25, 0.3) is 0 Å². The highest BCUT2D eigenvalue weighted by atomic mass is 32.1. The van der Waals surface area contributed by atoms with Crippen LogP contribution >= 0.6 is 22.7 Å². The maximum absolute atomic E-state index is 5.31. The predicted molar refractivity (Wildman–Crippen MR) is 211 cm³/mol. The predicted octanol–water partition coefficient (Wildman–Crippen LogP) is 10.8. The first-order chi connectivity index (χ1) is 23.2. The molecule has 0 N–H and O–H groups in total. The van der Waals surface area contributed by atoms with Gasteiger partial charge in [0.15, 0.2) is 5.82 Å². The Kier molecular flexibility index (Phi) is 7.06. The quantitative estimate of drug-likeness (QED) is 0.184. The number of thiophene rings is 2. The molecule has 0 radical (unpaired) electrons. The number of benzene rings is 3. The number of rotatable bonds is 5. The third-order valence-corrected chi connectivity index (χ3v) is 12.6. The van der Waals surface area contributed by atoms with Crippen molar-refractivity contribution in [1.82, 2.24) is 14.5 Å². The summed E-state index contributed by atoms with van der Waals surface area (Å²) < 4.78 is 5.04. The molecule has 236 valence electrons. The van der Waals surface area contributed by atoms with Gasteiger partial charge in [-0.25, -0.2) is 9.97 Å². The first kappa shape index (κ1) is 30.5. The molecule has 3 aromatic carbocycles. The normalized spacial score (nSPS) is 14.8. The van der Waals surface area contributed by atoms with Crippen LogP contribution in [0.25, 0.3) is 78.2 Å². The maximum Gasteiger partial charge on any atom is 0.160 e. The van der Waals surface area contributed by atoms with Crippen LogP contribution in [0.5, 0.6) is 0 Å². The van der Waals surface area contributed by atoms with Crippen LogP contribution in [0.2, 0.25) is 0 Å². The highest BCUT2D eigenvalue weighted by molar-refractivity contribution is 7.25. The van der Waals surface area contributed by atoms with Gasteiger partial charge in [0.05, 0.1) is 22.6 Å². The van der Waals surface area contributed by atoms with Gasteiger partial charge < -0.3 is 4.57 Å². The van der Waals surface area contributed by atoms with Crippen molar-refractivity contribution in [3.8, 4) is 17.1 Å². The SMILES string of the molecule is C=Cc1nc(-c2ccc3c(c2)C(C)(C)c2cccc4c5c6ccccc6sc5n-3c24)nc(/C(C)=c2\sc(/C=C\C)c(C)\c2=C\C)c1C=C. The molecule has 0 saturated carbocycles. The fourth-order valence-corrected chi connectivity index (χ4v) is 10.2. The molecule has 3 nitrogen and oxygen atoms in total. The average molecular weight is 660 g/mol. The zero-order chi connectivity index (χ0) is 33.5. The lowest BCUT2D eigenvalue weighted by Crippen LogP contribution is -2.26. The van der Waals surface area contributed by atoms with E-state index in [4.69, 9.17) is 9.97 Å². The summed E-state index contributed by atoms with van der Waals surface area (Å²) in [5, 5.41) is 5.24. The Balaban J connectivity index is 1.39. The lowest BCUT2D eigenvalue weighted by molar-refractivity contribution is 0.630. The van der Waals surface area contributed by atoms with E-state index < -0.39 is 0 Å². The Morgan fingerprint density at radius 1 is 0.896 bits per heavy atom. The number of hydrogen-bond donors (Lipinski definition) is 0. The highest BCUT2D eigenvalue weighted by Crippen LogP contribution is 2.51. The standard InChI is InChI=1S/C43H37N3S2/c1-9-16-35-24(5)27(10-2)40(47-35)25(6)38-28(11-3)33(12-4)44-41(45-38)26-21-22-34-32(23-26)43(7,8)31-19-15-18-30-37-29-17-13-14-20-36(29)48-42(37)46(34)39(30)31/h9-23H,3-4H2,1-2,5-8H3/b16-9-,27-10-,40-25-. The van der Waals surface area contributed by atoms with Gasteiger partial charge in [0.2, 0.25) is 0 Å². The second-order valence-corrected chi connectivity index (χ2v) is 15.1. The summed E-state index contributed by atoms with van der Waals surface area (Å²) >= 11 is 3.68. The van der Waals surface area contributed by atoms with E-state index in [2.05, 4.69) is 138 Å². The summed E-state index contributed by atoms with van der Waals surface area (Å²) in [5.74, 6) is 0.691. The van der Waals surface area contributed by atoms with E-state index in [0.29, 0.717) is 5.82 Å². The minimum Gasteiger partial charge on any atom is -0.300 e. The molecular formula is C43H37N3S2. The maximum atomic E-state index is 5.31. The van der Waals surface area contributed by atoms with E-state index in [1.54, 1.807) is 0 Å². The number of fused-ring (bicyclic) bond motifs is 7. The van der Waals surface area contributed by atoms with Crippen molar-refractivity contribution in [2.75, 3.05) is 0 Å². The molecular weight excluding hydrogens is 623 g/mol. The van der Waals surface area contributed by atoms with Gasteiger partial charge >= 0.3 is 0 Å². The minimum absolute atomic E-state index is 0.228. The van der Waals surface area contributed by atoms with Crippen LogP contribution in [0.15, 0.2) is 79.9 Å². The lowest BCUT2D eigenvalue weighted by atomic mass is 9.74. The Labute approximate surface area is 289 Å². The zero-order valence-corrected chi connectivity index (χ0v) is 29.9. The average Bonchev–Trinajstić information content (AvgIpc) is 3.74. The number of para-hydroxylation sites is 1. The van der Waals surface area contributed by atoms with Gasteiger partial charge in [-0.1, -0.05) is 81.6 Å². The Morgan fingerprint density at radius 3 is 2.44 bits per heavy atom. The number of aromatic nitrogens is 3. The van der Waals surface area contributed by atoms with Crippen LogP contribution in [0.4, 0.5) is 0 Å². The zero-order valence-electron chi connectivity index (χ0n) is 28.2. The smallest absolute Gasteiger partial charge is 0.160 e. The number of hydrogen-bond acceptors (Lipinski definition) is 4. The topological polar surface area (TPSA) is 30.7 Å². The molecule has 8 rings (SSSR count). The molecule has 1 aliphatic heterocycles. The van der Waals surface area contributed by atoms with Gasteiger partial charge in [-0.2, -0.15) is 0 Å². The molecule has 48 heavy (non-hydrogen) atoms. The van der Waals surface area contributed by atoms with E-state index in [-0.39, 0.29) is 5.41 Å². The molecule has 0 aliphatic carbocycles. The van der Waals surface area contributed by atoms with E-state index in [9.17, 15) is 0 Å². The Morgan fingerprint density at radius 2 is 1.69 bits per heavy atom. The van der Waals surface area contributed by atoms with E-state index >= 15 is 0 Å². The van der Waals surface area contributed by atoms with Gasteiger partial charge in [-0.05, 0) is 91.6 Å². The fourth-order valence-electron chi connectivity index (χ4n) is 7.64. The second kappa shape index (κ2) is 11.1. The summed E-state index contributed by atoms with van der Waals surface area (Å²) in [6, 6.07) is 22.4. The molecule has 0 amide bonds. The highest BCUT2D eigenvalue weighted by Gasteiger charge is 2.36. The summed E-state index contributed by atoms with van der Waals surface area (Å²) in [6.07, 6.45) is 10.2. The van der Waals surface area contributed by atoms with Crippen LogP contribution in [0, 0.1) is 6.92 Å². The molecule has 0 bridgehead atoms. The lowest BCUT2D eigenvalue weighted by Gasteiger charge is -2.35. The summed E-state index contributed by atoms with van der Waals surface area (Å²) in [6.45, 7) is 21.5. The third kappa shape index (κ3) is 4.17. The van der Waals surface area contributed by atoms with E-state index in [1.807, 2.05) is 34.8 Å². The fraction of sp³-hybridized carbons (Fsp3) is 0.163. The Bertz CT molecular complexity index is 2670. The van der Waals surface area contributed by atoms with E-state index in [0.717, 1.165) is 28.1 Å². The van der Waals surface area contributed by atoms with Gasteiger partial charge in [0.1, 0.15) is 4.83 Å². The molecule has 0 atom stereocenters. The van der Waals surface area contributed by atoms with Crippen LogP contribution in [-0.4, -0.2) is 14.5 Å². The first-order valence-corrected chi connectivity index (χ1v) is 18.0. The molecule has 0 unspecified atom stereocenters. The largest absolute Gasteiger partial charge is 0.300 e. The van der Waals surface area contributed by atoms with Crippen molar-refractivity contribution >= 4 is 83.8 Å². The molecule has 5 heterocycles. The van der Waals surface area contributed by atoms with Crippen LogP contribution in [0.3, 0.4) is 0 Å². The monoisotopic (exact) mass is 659 g/mol. The van der Waals surface area contributed by atoms with E-state index in [1.165, 1.54) is 68.2 Å². The third-order valence-electron chi connectivity index (χ3n) is 10.1. The molecule has 5 heteroatoms. The van der Waals surface area contributed by atoms with Gasteiger partial charge in [0, 0.05) is 46.8 Å². The van der Waals surface area contributed by atoms with Gasteiger partial charge in [-0.3, -0.25) is 0 Å². The van der Waals surface area contributed by atoms with Crippen LogP contribution < -0.4 is 9.75 Å². The summed E-state index contributed by atoms with van der Waals surface area (Å²) in [5.41, 5.74) is 10.9. The van der Waals surface area contributed by atoms with Crippen molar-refractivity contribution in [3.63, 3.8) is 0 Å². The molecule has 0 spiro atoms. The second-order valence-electron chi connectivity index (χ2n) is 13.0. The van der Waals surface area contributed by atoms with Crippen molar-refractivity contribution in [1.29, 1.82) is 0 Å². The molecule has 0 saturated heterocycles. The molecule has 4 aromatic heterocycles. The van der Waals surface area contributed by atoms with Crippen molar-refractivity contribution in [3.05, 3.63) is 128 Å². The molecule has 7 aromatic rings. The summed E-state index contributed by atoms with van der Waals surface area (Å²) in [7, 11) is 0. The minimum atomic E-state index is -0.228. The van der Waals surface area contributed by atoms with Crippen molar-refractivity contribution < 1.29 is 0 Å². The number of allylic oxidation sites excluding steroid dienone is 1. The summed E-state index contributed by atoms with van der Waals surface area (Å²) in [4.78, 5) is 12.9. The van der Waals surface area contributed by atoms with Gasteiger partial charge in [-0.15, -0.1) is 22.7 Å². The van der Waals surface area contributed by atoms with Crippen molar-refractivity contribution in [2.24, 2.45) is 0 Å². The number of nitrogens with zero attached hydrogens (tertiary/aromatic N) is 3. The van der Waals surface area contributed by atoms with Crippen molar-refractivity contribution in [2.45, 2.75) is 47.0 Å². The molecule has 1 aliphatic rings. The first-order valence-electron chi connectivity index (χ1n) is 16.4. The molecule has 0 fully saturated rings. The van der Waals surface area contributed by atoms with Crippen LogP contribution in [0.1, 0.15) is 73.1 Å². The van der Waals surface area contributed by atoms with Crippen LogP contribution in [-0.2, 0) is 5.41 Å².